The third-order valence-corrected chi connectivity index (χ3v) is 2.10. The summed E-state index contributed by atoms with van der Waals surface area (Å²) in [5, 5.41) is 10.9. The fourth-order valence-electron chi connectivity index (χ4n) is 1.34. The monoisotopic (exact) mass is 238 g/mol. The molecule has 0 saturated carbocycles. The molecule has 0 radical (unpaired) electrons. The Kier molecular flexibility index (Phi) is 2.90. The highest BCUT2D eigenvalue weighted by molar-refractivity contribution is 5.97. The van der Waals surface area contributed by atoms with Gasteiger partial charge >= 0.3 is 0 Å². The molecule has 2 rings (SSSR count). The van der Waals surface area contributed by atoms with E-state index in [-0.39, 0.29) is 17.8 Å². The maximum atomic E-state index is 13.3. The maximum Gasteiger partial charge on any atom is 0.182 e. The van der Waals surface area contributed by atoms with E-state index in [0.717, 1.165) is 18.2 Å². The van der Waals surface area contributed by atoms with Crippen molar-refractivity contribution in [2.24, 2.45) is 7.05 Å². The molecule has 1 aromatic carbocycles. The highest BCUT2D eigenvalue weighted by Gasteiger charge is 2.15. The molecule has 0 aliphatic rings. The molecule has 0 N–H and O–H groups in total. The second-order valence-corrected chi connectivity index (χ2v) is 3.42. The summed E-state index contributed by atoms with van der Waals surface area (Å²) in [5.74, 6) is -1.85. The Balaban J connectivity index is 2.22. The minimum atomic E-state index is -0.764. The van der Waals surface area contributed by atoms with Gasteiger partial charge in [0.2, 0.25) is 0 Å². The van der Waals surface area contributed by atoms with Crippen molar-refractivity contribution in [2.75, 3.05) is 0 Å². The molecular formula is C10H8F2N4O. The first-order valence-corrected chi connectivity index (χ1v) is 4.77. The van der Waals surface area contributed by atoms with Crippen LogP contribution in [-0.4, -0.2) is 26.0 Å². The first-order valence-electron chi connectivity index (χ1n) is 4.77. The summed E-state index contributed by atoms with van der Waals surface area (Å²) in [6.07, 6.45) is -0.214. The van der Waals surface area contributed by atoms with E-state index in [0.29, 0.717) is 0 Å². The van der Waals surface area contributed by atoms with Gasteiger partial charge in [-0.05, 0) is 23.4 Å². The molecular weight excluding hydrogens is 230 g/mol. The number of ketones is 1. The summed E-state index contributed by atoms with van der Waals surface area (Å²) in [4.78, 5) is 12.9. The van der Waals surface area contributed by atoms with Crippen LogP contribution in [0.1, 0.15) is 16.2 Å². The number of benzene rings is 1. The van der Waals surface area contributed by atoms with Gasteiger partial charge < -0.3 is 0 Å². The lowest BCUT2D eigenvalue weighted by Crippen LogP contribution is -2.08. The third kappa shape index (κ3) is 2.49. The first kappa shape index (κ1) is 11.3. The largest absolute Gasteiger partial charge is 0.294 e. The number of Topliss-reactive ketones (excluding diaryl/α,β-unsaturated/α-hetero) is 1. The number of nitrogens with zero attached hydrogens (tertiary/aromatic N) is 4. The van der Waals surface area contributed by atoms with Crippen molar-refractivity contribution < 1.29 is 13.6 Å². The molecule has 0 atom stereocenters. The summed E-state index contributed by atoms with van der Waals surface area (Å²) in [7, 11) is 1.55. The average molecular weight is 238 g/mol. The van der Waals surface area contributed by atoms with Crippen LogP contribution in [0.3, 0.4) is 0 Å². The van der Waals surface area contributed by atoms with Crippen molar-refractivity contribution in [1.29, 1.82) is 0 Å². The van der Waals surface area contributed by atoms with Crippen LogP contribution in [0, 0.1) is 11.6 Å². The van der Waals surface area contributed by atoms with Crippen LogP contribution < -0.4 is 0 Å². The molecule has 0 spiro atoms. The van der Waals surface area contributed by atoms with Gasteiger partial charge in [-0.3, -0.25) is 4.79 Å². The second-order valence-electron chi connectivity index (χ2n) is 3.42. The minimum Gasteiger partial charge on any atom is -0.294 e. The van der Waals surface area contributed by atoms with Crippen molar-refractivity contribution in [3.63, 3.8) is 0 Å². The molecule has 1 aromatic heterocycles. The zero-order chi connectivity index (χ0) is 12.4. The van der Waals surface area contributed by atoms with Crippen LogP contribution >= 0.6 is 0 Å². The van der Waals surface area contributed by atoms with E-state index in [1.807, 2.05) is 0 Å². The normalized spacial score (nSPS) is 10.5. The quantitative estimate of drug-likeness (QED) is 0.746. The predicted octanol–water partition coefficient (Wildman–Crippen LogP) is 0.914. The fourth-order valence-corrected chi connectivity index (χ4v) is 1.34. The number of tetrazole rings is 1. The van der Waals surface area contributed by atoms with E-state index in [9.17, 15) is 13.6 Å². The summed E-state index contributed by atoms with van der Waals surface area (Å²) >= 11 is 0. The Labute approximate surface area is 95.1 Å². The molecule has 5 nitrogen and oxygen atoms in total. The van der Waals surface area contributed by atoms with Gasteiger partial charge in [-0.2, -0.15) is 4.80 Å². The van der Waals surface area contributed by atoms with Crippen molar-refractivity contribution in [3.8, 4) is 0 Å². The summed E-state index contributed by atoms with van der Waals surface area (Å²) in [5.41, 5.74) is -0.308. The van der Waals surface area contributed by atoms with Gasteiger partial charge in [0, 0.05) is 0 Å². The molecule has 7 heteroatoms. The second kappa shape index (κ2) is 4.36. The summed E-state index contributed by atoms with van der Waals surface area (Å²) < 4.78 is 26.2. The molecule has 0 unspecified atom stereocenters. The standard InChI is InChI=1S/C10H8F2N4O/c1-16-14-10(13-15-16)5-9(17)7-4-6(11)2-3-8(7)12/h2-4H,5H2,1H3. The van der Waals surface area contributed by atoms with E-state index in [2.05, 4.69) is 15.4 Å². The van der Waals surface area contributed by atoms with Gasteiger partial charge in [0.25, 0.3) is 0 Å². The number of hydrogen-bond acceptors (Lipinski definition) is 4. The Hall–Kier alpha value is -2.18. The lowest BCUT2D eigenvalue weighted by atomic mass is 10.1. The smallest absolute Gasteiger partial charge is 0.182 e. The number of aryl methyl sites for hydroxylation is 1. The van der Waals surface area contributed by atoms with Crippen LogP contribution in [0.4, 0.5) is 8.78 Å². The lowest BCUT2D eigenvalue weighted by molar-refractivity contribution is 0.0986. The molecule has 0 amide bonds. The topological polar surface area (TPSA) is 60.7 Å². The molecule has 17 heavy (non-hydrogen) atoms. The SMILES string of the molecule is Cn1nnc(CC(=O)c2cc(F)ccc2F)n1. The number of carbonyl (C=O) groups excluding carboxylic acids is 1. The van der Waals surface area contributed by atoms with Crippen molar-refractivity contribution in [2.45, 2.75) is 6.42 Å². The Morgan fingerprint density at radius 1 is 1.41 bits per heavy atom. The molecule has 0 aliphatic heterocycles. The highest BCUT2D eigenvalue weighted by Crippen LogP contribution is 2.11. The van der Waals surface area contributed by atoms with Crippen molar-refractivity contribution in [3.05, 3.63) is 41.2 Å². The van der Waals surface area contributed by atoms with E-state index in [4.69, 9.17) is 0 Å². The van der Waals surface area contributed by atoms with Crippen LogP contribution in [0.5, 0.6) is 0 Å². The summed E-state index contributed by atoms with van der Waals surface area (Å²) in [6, 6.07) is 2.72. The van der Waals surface area contributed by atoms with Gasteiger partial charge in [-0.25, -0.2) is 8.78 Å². The van der Waals surface area contributed by atoms with Crippen LogP contribution in [0.2, 0.25) is 0 Å². The van der Waals surface area contributed by atoms with Gasteiger partial charge in [0.1, 0.15) is 11.6 Å². The molecule has 0 saturated heterocycles. The molecule has 1 heterocycles. The van der Waals surface area contributed by atoms with Crippen molar-refractivity contribution in [1.82, 2.24) is 20.2 Å². The number of halogens is 2. The van der Waals surface area contributed by atoms with Crippen LogP contribution in [0.15, 0.2) is 18.2 Å². The summed E-state index contributed by atoms with van der Waals surface area (Å²) in [6.45, 7) is 0. The minimum absolute atomic E-state index is 0.168. The molecule has 88 valence electrons. The number of rotatable bonds is 3. The average Bonchev–Trinajstić information content (AvgIpc) is 2.67. The van der Waals surface area contributed by atoms with E-state index in [1.54, 1.807) is 7.05 Å². The van der Waals surface area contributed by atoms with Crippen LogP contribution in [0.25, 0.3) is 0 Å². The third-order valence-electron chi connectivity index (χ3n) is 2.10. The van der Waals surface area contributed by atoms with E-state index in [1.165, 1.54) is 4.80 Å². The molecule has 2 aromatic rings. The van der Waals surface area contributed by atoms with Gasteiger partial charge in [0.05, 0.1) is 19.0 Å². The number of carbonyl (C=O) groups is 1. The maximum absolute atomic E-state index is 13.3. The van der Waals surface area contributed by atoms with Crippen LogP contribution in [-0.2, 0) is 13.5 Å². The zero-order valence-corrected chi connectivity index (χ0v) is 8.89. The van der Waals surface area contributed by atoms with E-state index < -0.39 is 17.4 Å². The Bertz CT molecular complexity index is 567. The number of aromatic nitrogens is 4. The zero-order valence-electron chi connectivity index (χ0n) is 8.89. The van der Waals surface area contributed by atoms with E-state index >= 15 is 0 Å². The Morgan fingerprint density at radius 3 is 2.82 bits per heavy atom. The molecule has 0 aliphatic carbocycles. The van der Waals surface area contributed by atoms with Gasteiger partial charge in [-0.15, -0.1) is 10.2 Å². The Morgan fingerprint density at radius 2 is 2.18 bits per heavy atom. The van der Waals surface area contributed by atoms with Gasteiger partial charge in [0.15, 0.2) is 11.6 Å². The molecule has 0 bridgehead atoms. The van der Waals surface area contributed by atoms with Gasteiger partial charge in [-0.1, -0.05) is 0 Å². The number of hydrogen-bond donors (Lipinski definition) is 0. The fraction of sp³-hybridized carbons (Fsp3) is 0.200. The highest BCUT2D eigenvalue weighted by atomic mass is 19.1. The lowest BCUT2D eigenvalue weighted by Gasteiger charge is -2.00. The first-order chi connectivity index (χ1) is 8.06. The van der Waals surface area contributed by atoms with Crippen molar-refractivity contribution >= 4 is 5.78 Å². The molecule has 0 fully saturated rings. The predicted molar refractivity (Wildman–Crippen MR) is 53.2 cm³/mol.